The summed E-state index contributed by atoms with van der Waals surface area (Å²) in [5.74, 6) is 2.21. The number of amides is 1. The molecule has 1 amide bonds. The molecule has 2 heterocycles. The third-order valence-corrected chi connectivity index (χ3v) is 5.19. The van der Waals surface area contributed by atoms with Crippen molar-refractivity contribution in [3.05, 3.63) is 51.9 Å². The van der Waals surface area contributed by atoms with Gasteiger partial charge in [-0.1, -0.05) is 31.5 Å². The minimum absolute atomic E-state index is 0.0403. The number of halogens is 1. The van der Waals surface area contributed by atoms with Crippen LogP contribution < -0.4 is 4.90 Å². The van der Waals surface area contributed by atoms with E-state index >= 15 is 0 Å². The van der Waals surface area contributed by atoms with Crippen molar-refractivity contribution < 1.29 is 4.79 Å². The second-order valence-corrected chi connectivity index (χ2v) is 7.83. The summed E-state index contributed by atoms with van der Waals surface area (Å²) in [6, 6.07) is 7.17. The largest absolute Gasteiger partial charge is 0.354 e. The first kappa shape index (κ1) is 19.6. The number of hydrogen-bond acceptors (Lipinski definition) is 4. The standard InChI is InChI=1S/C21H27ClN4O/c1-14(2)19-15(3)23-16(4)24-20(19)25-9-6-10-26(12-11-25)21(27)17-7-5-8-18(22)13-17/h5,7-8,13-14H,6,9-12H2,1-4H3. The fourth-order valence-corrected chi connectivity index (χ4v) is 3.95. The monoisotopic (exact) mass is 386 g/mol. The van der Waals surface area contributed by atoms with Crippen LogP contribution in [0.2, 0.25) is 5.02 Å². The highest BCUT2D eigenvalue weighted by molar-refractivity contribution is 6.30. The molecule has 1 aliphatic rings. The fraction of sp³-hybridized carbons (Fsp3) is 0.476. The average Bonchev–Trinajstić information content (AvgIpc) is 2.86. The Bertz CT molecular complexity index is 837. The van der Waals surface area contributed by atoms with Gasteiger partial charge >= 0.3 is 0 Å². The molecule has 0 atom stereocenters. The summed E-state index contributed by atoms with van der Waals surface area (Å²) < 4.78 is 0. The predicted octanol–water partition coefficient (Wildman–Crippen LogP) is 4.22. The van der Waals surface area contributed by atoms with Crippen molar-refractivity contribution in [2.75, 3.05) is 31.1 Å². The zero-order valence-corrected chi connectivity index (χ0v) is 17.3. The molecule has 0 saturated carbocycles. The lowest BCUT2D eigenvalue weighted by Crippen LogP contribution is -2.35. The molecule has 0 unspecified atom stereocenters. The van der Waals surface area contributed by atoms with Crippen LogP contribution in [0.1, 0.15) is 53.6 Å². The molecular formula is C21H27ClN4O. The summed E-state index contributed by atoms with van der Waals surface area (Å²) in [7, 11) is 0. The van der Waals surface area contributed by atoms with Crippen LogP contribution >= 0.6 is 11.6 Å². The Labute approximate surface area is 166 Å². The van der Waals surface area contributed by atoms with E-state index in [1.165, 1.54) is 5.56 Å². The van der Waals surface area contributed by atoms with E-state index in [0.29, 0.717) is 23.0 Å². The summed E-state index contributed by atoms with van der Waals surface area (Å²) in [4.78, 5) is 26.4. The molecule has 1 aliphatic heterocycles. The van der Waals surface area contributed by atoms with E-state index in [1.807, 2.05) is 24.0 Å². The molecule has 3 rings (SSSR count). The van der Waals surface area contributed by atoms with Crippen molar-refractivity contribution >= 4 is 23.3 Å². The van der Waals surface area contributed by atoms with Gasteiger partial charge in [0.25, 0.3) is 5.91 Å². The highest BCUT2D eigenvalue weighted by Crippen LogP contribution is 2.29. The molecule has 2 aromatic rings. The minimum Gasteiger partial charge on any atom is -0.354 e. The number of aromatic nitrogens is 2. The molecule has 5 nitrogen and oxygen atoms in total. The maximum Gasteiger partial charge on any atom is 0.253 e. The molecule has 1 aromatic heterocycles. The van der Waals surface area contributed by atoms with Crippen LogP contribution in [0.25, 0.3) is 0 Å². The van der Waals surface area contributed by atoms with Gasteiger partial charge in [-0.2, -0.15) is 0 Å². The zero-order valence-electron chi connectivity index (χ0n) is 16.5. The zero-order chi connectivity index (χ0) is 19.6. The van der Waals surface area contributed by atoms with E-state index in [0.717, 1.165) is 43.4 Å². The smallest absolute Gasteiger partial charge is 0.253 e. The van der Waals surface area contributed by atoms with E-state index in [-0.39, 0.29) is 5.91 Å². The van der Waals surface area contributed by atoms with Crippen molar-refractivity contribution in [2.24, 2.45) is 0 Å². The van der Waals surface area contributed by atoms with Gasteiger partial charge in [-0.3, -0.25) is 4.79 Å². The van der Waals surface area contributed by atoms with Gasteiger partial charge in [-0.25, -0.2) is 9.97 Å². The van der Waals surface area contributed by atoms with Gasteiger partial charge in [0.2, 0.25) is 0 Å². The number of rotatable bonds is 3. The first-order valence-electron chi connectivity index (χ1n) is 9.51. The second-order valence-electron chi connectivity index (χ2n) is 7.39. The minimum atomic E-state index is 0.0403. The molecule has 1 aromatic carbocycles. The molecule has 27 heavy (non-hydrogen) atoms. The molecule has 6 heteroatoms. The molecular weight excluding hydrogens is 360 g/mol. The van der Waals surface area contributed by atoms with Crippen molar-refractivity contribution in [1.82, 2.24) is 14.9 Å². The number of carbonyl (C=O) groups excluding carboxylic acids is 1. The van der Waals surface area contributed by atoms with Crippen LogP contribution in [0, 0.1) is 13.8 Å². The maximum atomic E-state index is 12.9. The van der Waals surface area contributed by atoms with E-state index in [4.69, 9.17) is 16.6 Å². The van der Waals surface area contributed by atoms with Gasteiger partial charge in [0.1, 0.15) is 11.6 Å². The van der Waals surface area contributed by atoms with Gasteiger partial charge in [0.05, 0.1) is 0 Å². The Hall–Kier alpha value is -2.14. The van der Waals surface area contributed by atoms with Crippen LogP contribution in [-0.2, 0) is 0 Å². The van der Waals surface area contributed by atoms with Gasteiger partial charge in [0.15, 0.2) is 0 Å². The second kappa shape index (κ2) is 8.26. The Morgan fingerprint density at radius 3 is 2.59 bits per heavy atom. The average molecular weight is 387 g/mol. The first-order chi connectivity index (χ1) is 12.9. The molecule has 0 aliphatic carbocycles. The number of aryl methyl sites for hydroxylation is 2. The van der Waals surface area contributed by atoms with Crippen LogP contribution in [0.15, 0.2) is 24.3 Å². The van der Waals surface area contributed by atoms with Gasteiger partial charge in [0, 0.05) is 48.0 Å². The topological polar surface area (TPSA) is 49.3 Å². The molecule has 144 valence electrons. The Balaban J connectivity index is 1.80. The van der Waals surface area contributed by atoms with Crippen LogP contribution in [0.4, 0.5) is 5.82 Å². The van der Waals surface area contributed by atoms with E-state index < -0.39 is 0 Å². The summed E-state index contributed by atoms with van der Waals surface area (Å²) in [6.07, 6.45) is 0.909. The molecule has 0 radical (unpaired) electrons. The normalized spacial score (nSPS) is 15.2. The third-order valence-electron chi connectivity index (χ3n) is 4.96. The Morgan fingerprint density at radius 1 is 1.11 bits per heavy atom. The Morgan fingerprint density at radius 2 is 1.89 bits per heavy atom. The fourth-order valence-electron chi connectivity index (χ4n) is 3.76. The highest BCUT2D eigenvalue weighted by Gasteiger charge is 2.24. The lowest BCUT2D eigenvalue weighted by molar-refractivity contribution is 0.0767. The Kier molecular flexibility index (Phi) is 6.00. The van der Waals surface area contributed by atoms with E-state index in [2.05, 4.69) is 30.7 Å². The van der Waals surface area contributed by atoms with Gasteiger partial charge in [-0.15, -0.1) is 0 Å². The number of carbonyl (C=O) groups is 1. The molecule has 1 fully saturated rings. The lowest BCUT2D eigenvalue weighted by Gasteiger charge is -2.27. The van der Waals surface area contributed by atoms with Crippen molar-refractivity contribution in [3.63, 3.8) is 0 Å². The summed E-state index contributed by atoms with van der Waals surface area (Å²) >= 11 is 6.05. The van der Waals surface area contributed by atoms with E-state index in [9.17, 15) is 4.79 Å². The van der Waals surface area contributed by atoms with E-state index in [1.54, 1.807) is 12.1 Å². The highest BCUT2D eigenvalue weighted by atomic mass is 35.5. The summed E-state index contributed by atoms with van der Waals surface area (Å²) in [6.45, 7) is 11.4. The maximum absolute atomic E-state index is 12.9. The van der Waals surface area contributed by atoms with Gasteiger partial charge in [-0.05, 0) is 44.4 Å². The molecule has 1 saturated heterocycles. The number of anilines is 1. The number of hydrogen-bond donors (Lipinski definition) is 0. The van der Waals surface area contributed by atoms with Crippen LogP contribution in [0.3, 0.4) is 0 Å². The van der Waals surface area contributed by atoms with Crippen molar-refractivity contribution in [3.8, 4) is 0 Å². The molecule has 0 spiro atoms. The quantitative estimate of drug-likeness (QED) is 0.792. The summed E-state index contributed by atoms with van der Waals surface area (Å²) in [5, 5.41) is 0.589. The lowest BCUT2D eigenvalue weighted by atomic mass is 10.0. The SMILES string of the molecule is Cc1nc(C)c(C(C)C)c(N2CCCN(C(=O)c3cccc(Cl)c3)CC2)n1. The van der Waals surface area contributed by atoms with Crippen LogP contribution in [-0.4, -0.2) is 47.0 Å². The number of nitrogens with zero attached hydrogens (tertiary/aromatic N) is 4. The van der Waals surface area contributed by atoms with Crippen LogP contribution in [0.5, 0.6) is 0 Å². The predicted molar refractivity (Wildman–Crippen MR) is 110 cm³/mol. The van der Waals surface area contributed by atoms with Crippen molar-refractivity contribution in [1.29, 1.82) is 0 Å². The molecule has 0 N–H and O–H groups in total. The third kappa shape index (κ3) is 4.41. The first-order valence-corrected chi connectivity index (χ1v) is 9.89. The van der Waals surface area contributed by atoms with Gasteiger partial charge < -0.3 is 9.80 Å². The molecule has 0 bridgehead atoms. The summed E-state index contributed by atoms with van der Waals surface area (Å²) in [5.41, 5.74) is 2.89. The van der Waals surface area contributed by atoms with Crippen molar-refractivity contribution in [2.45, 2.75) is 40.0 Å². The number of benzene rings is 1.